The Hall–Kier alpha value is -4.14. The quantitative estimate of drug-likeness (QED) is 0.322. The van der Waals surface area contributed by atoms with E-state index in [9.17, 15) is 27.6 Å². The van der Waals surface area contributed by atoms with Crippen molar-refractivity contribution in [3.63, 3.8) is 0 Å². The Bertz CT molecular complexity index is 1400. The van der Waals surface area contributed by atoms with E-state index in [0.29, 0.717) is 24.1 Å². The van der Waals surface area contributed by atoms with Gasteiger partial charge in [-0.05, 0) is 80.6 Å². The van der Waals surface area contributed by atoms with Gasteiger partial charge in [-0.1, -0.05) is 36.4 Å². The predicted octanol–water partition coefficient (Wildman–Crippen LogP) is 7.35. The van der Waals surface area contributed by atoms with Gasteiger partial charge in [0.1, 0.15) is 0 Å². The van der Waals surface area contributed by atoms with Crippen LogP contribution in [0, 0.1) is 11.3 Å². The van der Waals surface area contributed by atoms with Crippen molar-refractivity contribution >= 4 is 29.2 Å². The summed E-state index contributed by atoms with van der Waals surface area (Å²) >= 11 is 0. The molecule has 2 N–H and O–H groups in total. The van der Waals surface area contributed by atoms with Crippen molar-refractivity contribution in [1.82, 2.24) is 0 Å². The van der Waals surface area contributed by atoms with Gasteiger partial charge in [0, 0.05) is 22.9 Å². The minimum absolute atomic E-state index is 0.0235. The first-order valence-electron chi connectivity index (χ1n) is 12.6. The third-order valence-electron chi connectivity index (χ3n) is 6.99. The predicted molar refractivity (Wildman–Crippen MR) is 143 cm³/mol. The number of carbonyl (C=O) groups is 3. The zero-order chi connectivity index (χ0) is 28.4. The highest BCUT2D eigenvalue weighted by Gasteiger charge is 2.44. The number of amides is 2. The average Bonchev–Trinajstić information content (AvgIpc) is 2.88. The molecular formula is C30H29F3N2O4. The Balaban J connectivity index is 1.43. The second-order valence-corrected chi connectivity index (χ2v) is 10.0. The summed E-state index contributed by atoms with van der Waals surface area (Å²) in [5.74, 6) is -0.893. The van der Waals surface area contributed by atoms with Crippen LogP contribution in [0.2, 0.25) is 0 Å². The molecule has 204 valence electrons. The summed E-state index contributed by atoms with van der Waals surface area (Å²) in [5.41, 5.74) is 1.99. The summed E-state index contributed by atoms with van der Waals surface area (Å²) in [4.78, 5) is 38.0. The molecule has 0 saturated heterocycles. The van der Waals surface area contributed by atoms with Crippen LogP contribution < -0.4 is 10.6 Å². The lowest BCUT2D eigenvalue weighted by Gasteiger charge is -2.34. The van der Waals surface area contributed by atoms with Crippen LogP contribution in [0.1, 0.15) is 48.7 Å². The number of nitrogens with one attached hydrogen (secondary N) is 2. The number of ketones is 1. The molecule has 0 heterocycles. The highest BCUT2D eigenvalue weighted by atomic mass is 19.4. The van der Waals surface area contributed by atoms with Crippen LogP contribution in [0.25, 0.3) is 11.1 Å². The van der Waals surface area contributed by atoms with Crippen LogP contribution in [-0.4, -0.2) is 24.4 Å². The molecule has 0 aromatic heterocycles. The molecule has 0 bridgehead atoms. The van der Waals surface area contributed by atoms with E-state index in [2.05, 4.69) is 10.6 Å². The molecular weight excluding hydrogens is 509 g/mol. The fraction of sp³-hybridized carbons (Fsp3) is 0.300. The zero-order valence-electron chi connectivity index (χ0n) is 21.8. The van der Waals surface area contributed by atoms with Crippen molar-refractivity contribution < 1.29 is 32.3 Å². The van der Waals surface area contributed by atoms with Gasteiger partial charge < -0.3 is 15.4 Å². The Morgan fingerprint density at radius 2 is 1.59 bits per heavy atom. The third-order valence-corrected chi connectivity index (χ3v) is 6.99. The maximum Gasteiger partial charge on any atom is 0.416 e. The van der Waals surface area contributed by atoms with Gasteiger partial charge in [0.05, 0.1) is 17.6 Å². The van der Waals surface area contributed by atoms with Gasteiger partial charge in [0.2, 0.25) is 0 Å². The van der Waals surface area contributed by atoms with E-state index < -0.39 is 29.1 Å². The molecule has 6 nitrogen and oxygen atoms in total. The molecule has 0 spiro atoms. The van der Waals surface area contributed by atoms with E-state index in [-0.39, 0.29) is 24.0 Å². The van der Waals surface area contributed by atoms with Crippen molar-refractivity contribution in [3.05, 3.63) is 83.4 Å². The second-order valence-electron chi connectivity index (χ2n) is 10.0. The Kier molecular flexibility index (Phi) is 7.81. The van der Waals surface area contributed by atoms with E-state index in [4.69, 9.17) is 4.74 Å². The fourth-order valence-corrected chi connectivity index (χ4v) is 4.80. The largest absolute Gasteiger partial charge is 0.466 e. The van der Waals surface area contributed by atoms with Crippen LogP contribution in [0.5, 0.6) is 0 Å². The topological polar surface area (TPSA) is 84.5 Å². The van der Waals surface area contributed by atoms with Gasteiger partial charge in [0.15, 0.2) is 5.78 Å². The molecule has 0 saturated carbocycles. The molecule has 9 heteroatoms. The highest BCUT2D eigenvalue weighted by molar-refractivity contribution is 6.03. The maximum atomic E-state index is 13.3. The highest BCUT2D eigenvalue weighted by Crippen LogP contribution is 2.40. The van der Waals surface area contributed by atoms with Gasteiger partial charge >= 0.3 is 18.2 Å². The summed E-state index contributed by atoms with van der Waals surface area (Å²) in [6.45, 7) is 5.51. The number of esters is 1. The molecule has 39 heavy (non-hydrogen) atoms. The van der Waals surface area contributed by atoms with Crippen molar-refractivity contribution in [3.8, 4) is 11.1 Å². The number of fused-ring (bicyclic) bond motifs is 1. The zero-order valence-corrected chi connectivity index (χ0v) is 21.8. The van der Waals surface area contributed by atoms with Crippen molar-refractivity contribution in [2.24, 2.45) is 11.3 Å². The first kappa shape index (κ1) is 27.9. The van der Waals surface area contributed by atoms with Crippen molar-refractivity contribution in [1.29, 1.82) is 0 Å². The molecule has 2 amide bonds. The van der Waals surface area contributed by atoms with Crippen LogP contribution in [0.3, 0.4) is 0 Å². The Labute approximate surface area is 224 Å². The summed E-state index contributed by atoms with van der Waals surface area (Å²) in [7, 11) is 0. The summed E-state index contributed by atoms with van der Waals surface area (Å²) in [6.07, 6.45) is -3.31. The van der Waals surface area contributed by atoms with E-state index in [1.807, 2.05) is 12.1 Å². The van der Waals surface area contributed by atoms with Crippen LogP contribution in [-0.2, 0) is 22.1 Å². The number of ether oxygens (including phenoxy) is 1. The number of hydrogen-bond acceptors (Lipinski definition) is 4. The normalized spacial score (nSPS) is 15.3. The Morgan fingerprint density at radius 1 is 0.923 bits per heavy atom. The number of rotatable bonds is 6. The van der Waals surface area contributed by atoms with Gasteiger partial charge in [-0.2, -0.15) is 13.2 Å². The van der Waals surface area contributed by atoms with E-state index in [1.54, 1.807) is 51.1 Å². The SMILES string of the molecule is CCOC(=O)C(C)(C)C1CCc2cc(-c3ccc(NC(=O)Nc4cccc(C(F)(F)F)c4)cc3)ccc2C1=O. The van der Waals surface area contributed by atoms with E-state index in [1.165, 1.54) is 12.1 Å². The number of urea groups is 1. The summed E-state index contributed by atoms with van der Waals surface area (Å²) in [6, 6.07) is 16.3. The lowest BCUT2D eigenvalue weighted by atomic mass is 9.68. The summed E-state index contributed by atoms with van der Waals surface area (Å²) < 4.78 is 43.9. The van der Waals surface area contributed by atoms with Crippen molar-refractivity contribution in [2.45, 2.75) is 39.8 Å². The van der Waals surface area contributed by atoms with Gasteiger partial charge in [-0.3, -0.25) is 9.59 Å². The first-order valence-corrected chi connectivity index (χ1v) is 12.6. The lowest BCUT2D eigenvalue weighted by molar-refractivity contribution is -0.155. The molecule has 1 aliphatic carbocycles. The number of carbonyl (C=O) groups excluding carboxylic acids is 3. The molecule has 1 unspecified atom stereocenters. The molecule has 0 fully saturated rings. The maximum absolute atomic E-state index is 13.3. The standard InChI is InChI=1S/C30H29F3N2O4/c1-4-39-27(37)29(2,3)25-15-11-20-16-19(10-14-24(20)26(25)36)18-8-12-22(13-9-18)34-28(38)35-23-7-5-6-21(17-23)30(31,32)33/h5-10,12-14,16-17,25H,4,11,15H2,1-3H3,(H2,34,35,38). The average molecular weight is 539 g/mol. The van der Waals surface area contributed by atoms with Gasteiger partial charge in [0.25, 0.3) is 0 Å². The molecule has 4 rings (SSSR count). The molecule has 3 aromatic rings. The minimum atomic E-state index is -4.51. The first-order chi connectivity index (χ1) is 18.4. The molecule has 1 aliphatic rings. The van der Waals surface area contributed by atoms with Crippen molar-refractivity contribution in [2.75, 3.05) is 17.2 Å². The van der Waals surface area contributed by atoms with Crippen LogP contribution in [0.4, 0.5) is 29.3 Å². The number of anilines is 2. The number of alkyl halides is 3. The molecule has 1 atom stereocenters. The lowest BCUT2D eigenvalue weighted by Crippen LogP contribution is -2.41. The monoisotopic (exact) mass is 538 g/mol. The number of aryl methyl sites for hydroxylation is 1. The minimum Gasteiger partial charge on any atom is -0.466 e. The second kappa shape index (κ2) is 10.9. The summed E-state index contributed by atoms with van der Waals surface area (Å²) in [5, 5.41) is 5.01. The number of benzene rings is 3. The molecule has 0 radical (unpaired) electrons. The smallest absolute Gasteiger partial charge is 0.416 e. The number of halogens is 3. The van der Waals surface area contributed by atoms with Crippen LogP contribution in [0.15, 0.2) is 66.7 Å². The number of hydrogen-bond donors (Lipinski definition) is 2. The Morgan fingerprint density at radius 3 is 2.26 bits per heavy atom. The van der Waals surface area contributed by atoms with Crippen LogP contribution >= 0.6 is 0 Å². The third kappa shape index (κ3) is 6.13. The van der Waals surface area contributed by atoms with E-state index in [0.717, 1.165) is 28.8 Å². The molecule has 3 aromatic carbocycles. The number of Topliss-reactive ketones (excluding diaryl/α,β-unsaturated/α-hetero) is 1. The van der Waals surface area contributed by atoms with Gasteiger partial charge in [-0.25, -0.2) is 4.79 Å². The van der Waals surface area contributed by atoms with E-state index >= 15 is 0 Å². The fourth-order valence-electron chi connectivity index (χ4n) is 4.80. The molecule has 0 aliphatic heterocycles. The van der Waals surface area contributed by atoms with Gasteiger partial charge in [-0.15, -0.1) is 0 Å².